The van der Waals surface area contributed by atoms with Crippen LogP contribution >= 0.6 is 0 Å². The summed E-state index contributed by atoms with van der Waals surface area (Å²) in [5.41, 5.74) is 6.90. The van der Waals surface area contributed by atoms with Gasteiger partial charge in [0.15, 0.2) is 0 Å². The van der Waals surface area contributed by atoms with Gasteiger partial charge >= 0.3 is 0 Å². The number of carbonyl (C=O) groups is 2. The fourth-order valence-corrected chi connectivity index (χ4v) is 4.09. The van der Waals surface area contributed by atoms with Gasteiger partial charge in [0.1, 0.15) is 29.2 Å². The van der Waals surface area contributed by atoms with E-state index in [4.69, 9.17) is 10.5 Å². The number of para-hydroxylation sites is 1. The highest BCUT2D eigenvalue weighted by Gasteiger charge is 2.23. The predicted molar refractivity (Wildman–Crippen MR) is 133 cm³/mol. The number of benzene rings is 3. The molecule has 0 aliphatic carbocycles. The molecule has 1 aliphatic rings. The minimum atomic E-state index is -0.860. The van der Waals surface area contributed by atoms with E-state index in [1.165, 1.54) is 30.3 Å². The lowest BCUT2D eigenvalue weighted by Gasteiger charge is -2.36. The van der Waals surface area contributed by atoms with Crippen LogP contribution in [0.2, 0.25) is 0 Å². The summed E-state index contributed by atoms with van der Waals surface area (Å²) in [6.07, 6.45) is 0.235. The largest absolute Gasteiger partial charge is 0.457 e. The maximum absolute atomic E-state index is 14.0. The quantitative estimate of drug-likeness (QED) is 0.477. The lowest BCUT2D eigenvalue weighted by molar-refractivity contribution is -0.128. The van der Waals surface area contributed by atoms with Crippen LogP contribution in [0.25, 0.3) is 0 Å². The Morgan fingerprint density at radius 3 is 2.11 bits per heavy atom. The van der Waals surface area contributed by atoms with E-state index in [1.807, 2.05) is 9.80 Å². The first-order chi connectivity index (χ1) is 17.4. The molecule has 1 unspecified atom stereocenters. The lowest BCUT2D eigenvalue weighted by atomic mass is 10.1. The summed E-state index contributed by atoms with van der Waals surface area (Å²) in [6.45, 7) is 2.51. The number of nitrogens with zero attached hydrogens (tertiary/aromatic N) is 2. The molecule has 1 saturated heterocycles. The summed E-state index contributed by atoms with van der Waals surface area (Å²) >= 11 is 0. The van der Waals surface area contributed by atoms with E-state index >= 15 is 0 Å². The zero-order valence-electron chi connectivity index (χ0n) is 19.7. The van der Waals surface area contributed by atoms with Gasteiger partial charge in [-0.15, -0.1) is 0 Å². The number of piperazine rings is 1. The minimum absolute atomic E-state index is 0.124. The topological polar surface area (TPSA) is 87.9 Å². The highest BCUT2D eigenvalue weighted by molar-refractivity contribution is 5.87. The second kappa shape index (κ2) is 11.6. The van der Waals surface area contributed by atoms with Crippen LogP contribution in [-0.4, -0.2) is 55.5 Å². The number of amides is 2. The van der Waals surface area contributed by atoms with Crippen LogP contribution in [0.1, 0.15) is 5.56 Å². The second-order valence-electron chi connectivity index (χ2n) is 8.64. The van der Waals surface area contributed by atoms with Crippen LogP contribution in [0.4, 0.5) is 14.5 Å². The van der Waals surface area contributed by atoms with Crippen molar-refractivity contribution in [2.75, 3.05) is 37.6 Å². The van der Waals surface area contributed by atoms with E-state index < -0.39 is 11.9 Å². The Labute approximate surface area is 208 Å². The number of nitrogens with one attached hydrogen (secondary N) is 1. The molecule has 1 fully saturated rings. The molecule has 7 nitrogen and oxygen atoms in total. The zero-order valence-corrected chi connectivity index (χ0v) is 19.7. The Morgan fingerprint density at radius 2 is 1.50 bits per heavy atom. The van der Waals surface area contributed by atoms with E-state index in [0.29, 0.717) is 43.4 Å². The molecule has 0 aromatic heterocycles. The third-order valence-electron chi connectivity index (χ3n) is 6.02. The molecule has 3 aromatic carbocycles. The number of rotatable bonds is 9. The molecule has 1 aliphatic heterocycles. The molecule has 4 rings (SSSR count). The summed E-state index contributed by atoms with van der Waals surface area (Å²) < 4.78 is 32.7. The van der Waals surface area contributed by atoms with Gasteiger partial charge in [0.25, 0.3) is 0 Å². The molecule has 3 N–H and O–H groups in total. The van der Waals surface area contributed by atoms with Gasteiger partial charge in [0.2, 0.25) is 11.8 Å². The van der Waals surface area contributed by atoms with E-state index in [9.17, 15) is 18.4 Å². The third kappa shape index (κ3) is 6.79. The van der Waals surface area contributed by atoms with Crippen molar-refractivity contribution in [1.82, 2.24) is 10.2 Å². The Morgan fingerprint density at radius 1 is 0.889 bits per heavy atom. The number of halogens is 2. The van der Waals surface area contributed by atoms with Crippen molar-refractivity contribution in [3.05, 3.63) is 90.0 Å². The number of nitrogens with two attached hydrogens (primary N) is 1. The average molecular weight is 495 g/mol. The number of carbonyl (C=O) groups excluding carboxylic acids is 2. The summed E-state index contributed by atoms with van der Waals surface area (Å²) in [5, 5.41) is 2.73. The van der Waals surface area contributed by atoms with Gasteiger partial charge in [0.05, 0.1) is 12.2 Å². The fraction of sp³-hybridized carbons (Fsp3) is 0.259. The average Bonchev–Trinajstić information content (AvgIpc) is 2.87. The Hall–Kier alpha value is -3.98. The van der Waals surface area contributed by atoms with Gasteiger partial charge in [-0.05, 0) is 54.1 Å². The molecule has 188 valence electrons. The minimum Gasteiger partial charge on any atom is -0.457 e. The van der Waals surface area contributed by atoms with E-state index in [-0.39, 0.29) is 30.5 Å². The van der Waals surface area contributed by atoms with Crippen molar-refractivity contribution in [2.24, 2.45) is 5.73 Å². The van der Waals surface area contributed by atoms with Crippen molar-refractivity contribution >= 4 is 17.5 Å². The van der Waals surface area contributed by atoms with Crippen LogP contribution in [0.15, 0.2) is 72.8 Å². The third-order valence-corrected chi connectivity index (χ3v) is 6.02. The molecule has 0 saturated carbocycles. The standard InChI is InChI=1S/C27H28F2N4O3/c28-20-7-11-22(12-8-20)36-21-9-5-19(6-10-21)17-24(27(30)35)31-26(34)18-32-13-15-33(16-14-32)25-4-2-1-3-23(25)29/h1-12,24H,13-18H2,(H2,30,35)(H,31,34). The fourth-order valence-electron chi connectivity index (χ4n) is 4.09. The van der Waals surface area contributed by atoms with Crippen molar-refractivity contribution < 1.29 is 23.1 Å². The number of hydrogen-bond acceptors (Lipinski definition) is 5. The maximum atomic E-state index is 14.0. The van der Waals surface area contributed by atoms with Gasteiger partial charge in [-0.2, -0.15) is 0 Å². The molecule has 3 aromatic rings. The number of hydrogen-bond donors (Lipinski definition) is 2. The van der Waals surface area contributed by atoms with E-state index in [2.05, 4.69) is 5.32 Å². The monoisotopic (exact) mass is 494 g/mol. The van der Waals surface area contributed by atoms with Crippen LogP contribution < -0.4 is 20.7 Å². The Bertz CT molecular complexity index is 1180. The highest BCUT2D eigenvalue weighted by atomic mass is 19.1. The molecule has 1 heterocycles. The van der Waals surface area contributed by atoms with Gasteiger partial charge in [-0.25, -0.2) is 8.78 Å². The first-order valence-electron chi connectivity index (χ1n) is 11.7. The normalized spacial score (nSPS) is 14.8. The zero-order chi connectivity index (χ0) is 25.5. The summed E-state index contributed by atoms with van der Waals surface area (Å²) in [4.78, 5) is 28.5. The van der Waals surface area contributed by atoms with Gasteiger partial charge in [-0.3, -0.25) is 14.5 Å². The van der Waals surface area contributed by atoms with Crippen molar-refractivity contribution in [1.29, 1.82) is 0 Å². The highest BCUT2D eigenvalue weighted by Crippen LogP contribution is 2.22. The number of anilines is 1. The van der Waals surface area contributed by atoms with Crippen LogP contribution in [0.3, 0.4) is 0 Å². The first-order valence-corrected chi connectivity index (χ1v) is 11.7. The number of primary amides is 1. The lowest BCUT2D eigenvalue weighted by Crippen LogP contribution is -2.52. The molecular formula is C27H28F2N4O3. The maximum Gasteiger partial charge on any atom is 0.240 e. The predicted octanol–water partition coefficient (Wildman–Crippen LogP) is 3.09. The second-order valence-corrected chi connectivity index (χ2v) is 8.64. The van der Waals surface area contributed by atoms with Crippen molar-refractivity contribution in [3.63, 3.8) is 0 Å². The molecule has 2 amide bonds. The summed E-state index contributed by atoms with van der Waals surface area (Å²) in [5.74, 6) is -0.473. The van der Waals surface area contributed by atoms with Gasteiger partial charge in [-0.1, -0.05) is 24.3 Å². The van der Waals surface area contributed by atoms with Crippen molar-refractivity contribution in [2.45, 2.75) is 12.5 Å². The Balaban J connectivity index is 1.26. The van der Waals surface area contributed by atoms with E-state index in [1.54, 1.807) is 42.5 Å². The summed E-state index contributed by atoms with van der Waals surface area (Å²) in [6, 6.07) is 18.5. The Kier molecular flexibility index (Phi) is 8.12. The molecule has 0 spiro atoms. The van der Waals surface area contributed by atoms with Crippen LogP contribution in [0.5, 0.6) is 11.5 Å². The SMILES string of the molecule is NC(=O)C(Cc1ccc(Oc2ccc(F)cc2)cc1)NC(=O)CN1CCN(c2ccccc2F)CC1. The van der Waals surface area contributed by atoms with Gasteiger partial charge < -0.3 is 20.7 Å². The molecule has 9 heteroatoms. The first kappa shape index (κ1) is 25.1. The number of ether oxygens (including phenoxy) is 1. The smallest absolute Gasteiger partial charge is 0.240 e. The summed E-state index contributed by atoms with van der Waals surface area (Å²) in [7, 11) is 0. The molecule has 36 heavy (non-hydrogen) atoms. The molecule has 0 radical (unpaired) electrons. The molecular weight excluding hydrogens is 466 g/mol. The van der Waals surface area contributed by atoms with Crippen molar-refractivity contribution in [3.8, 4) is 11.5 Å². The van der Waals surface area contributed by atoms with Crippen LogP contribution in [0, 0.1) is 11.6 Å². The van der Waals surface area contributed by atoms with Crippen LogP contribution in [-0.2, 0) is 16.0 Å². The van der Waals surface area contributed by atoms with E-state index in [0.717, 1.165) is 5.56 Å². The molecule has 0 bridgehead atoms. The van der Waals surface area contributed by atoms with Gasteiger partial charge in [0, 0.05) is 32.6 Å². The molecule has 1 atom stereocenters.